The van der Waals surface area contributed by atoms with Crippen molar-refractivity contribution in [2.75, 3.05) is 0 Å². The number of fused-ring (bicyclic) bond motifs is 1. The lowest BCUT2D eigenvalue weighted by molar-refractivity contribution is 0.637. The highest BCUT2D eigenvalue weighted by Gasteiger charge is 2.12. The summed E-state index contributed by atoms with van der Waals surface area (Å²) in [5.74, 6) is -0.197. The average Bonchev–Trinajstić information content (AvgIpc) is 2.48. The van der Waals surface area contributed by atoms with E-state index in [0.29, 0.717) is 5.39 Å². The van der Waals surface area contributed by atoms with E-state index < -0.39 is 0 Å². The highest BCUT2D eigenvalue weighted by molar-refractivity contribution is 5.86. The number of hydrogen-bond acceptors (Lipinski definition) is 1. The zero-order chi connectivity index (χ0) is 14.8. The summed E-state index contributed by atoms with van der Waals surface area (Å²) in [6, 6.07) is 19.0. The molecule has 1 nitrogen and oxygen atoms in total. The van der Waals surface area contributed by atoms with Crippen LogP contribution in [0.5, 0.6) is 0 Å². The maximum absolute atomic E-state index is 13.9. The van der Waals surface area contributed by atoms with Gasteiger partial charge in [-0.3, -0.25) is 0 Å². The largest absolute Gasteiger partial charge is 0.324 e. The highest BCUT2D eigenvalue weighted by atomic mass is 19.1. The zero-order valence-corrected chi connectivity index (χ0v) is 12.0. The summed E-state index contributed by atoms with van der Waals surface area (Å²) in [5.41, 5.74) is 9.79. The van der Waals surface area contributed by atoms with Crippen LogP contribution in [-0.2, 0) is 6.42 Å². The van der Waals surface area contributed by atoms with Gasteiger partial charge in [0.2, 0.25) is 0 Å². The lowest BCUT2D eigenvalue weighted by atomic mass is 9.94. The summed E-state index contributed by atoms with van der Waals surface area (Å²) in [6.07, 6.45) is 0.747. The number of aryl methyl sites for hydroxylation is 1. The van der Waals surface area contributed by atoms with Gasteiger partial charge in [0.25, 0.3) is 0 Å². The molecule has 106 valence electrons. The van der Waals surface area contributed by atoms with Crippen molar-refractivity contribution in [3.63, 3.8) is 0 Å². The number of halogens is 1. The van der Waals surface area contributed by atoms with Crippen LogP contribution >= 0.6 is 0 Å². The number of benzene rings is 3. The van der Waals surface area contributed by atoms with Crippen molar-refractivity contribution in [1.82, 2.24) is 0 Å². The minimum Gasteiger partial charge on any atom is -0.324 e. The Bertz CT molecular complexity index is 779. The molecule has 2 N–H and O–H groups in total. The molecule has 1 atom stereocenters. The maximum atomic E-state index is 13.9. The molecule has 0 aliphatic carbocycles. The molecule has 1 unspecified atom stereocenters. The van der Waals surface area contributed by atoms with Crippen molar-refractivity contribution in [3.8, 4) is 0 Å². The molecule has 2 heteroatoms. The van der Waals surface area contributed by atoms with Crippen molar-refractivity contribution in [2.24, 2.45) is 5.73 Å². The van der Waals surface area contributed by atoms with Crippen LogP contribution < -0.4 is 5.73 Å². The van der Waals surface area contributed by atoms with E-state index in [0.717, 1.165) is 17.4 Å². The predicted molar refractivity (Wildman–Crippen MR) is 85.7 cm³/mol. The third-order valence-corrected chi connectivity index (χ3v) is 3.84. The summed E-state index contributed by atoms with van der Waals surface area (Å²) in [4.78, 5) is 0. The molecule has 0 radical (unpaired) electrons. The third-order valence-electron chi connectivity index (χ3n) is 3.84. The van der Waals surface area contributed by atoms with E-state index in [1.54, 1.807) is 12.1 Å². The molecule has 3 rings (SSSR count). The first-order valence-electron chi connectivity index (χ1n) is 7.13. The minimum absolute atomic E-state index is 0.141. The lowest BCUT2D eigenvalue weighted by Crippen LogP contribution is -2.14. The van der Waals surface area contributed by atoms with Gasteiger partial charge in [0.1, 0.15) is 5.82 Å². The van der Waals surface area contributed by atoms with Crippen LogP contribution in [0.25, 0.3) is 10.8 Å². The first-order valence-corrected chi connectivity index (χ1v) is 7.13. The molecule has 0 aliphatic heterocycles. The lowest BCUT2D eigenvalue weighted by Gasteiger charge is -2.15. The highest BCUT2D eigenvalue weighted by Crippen LogP contribution is 2.27. The summed E-state index contributed by atoms with van der Waals surface area (Å²) in [5, 5.41) is 1.53. The van der Waals surface area contributed by atoms with Crippen LogP contribution in [0.1, 0.15) is 22.7 Å². The second-order valence-corrected chi connectivity index (χ2v) is 5.48. The first kappa shape index (κ1) is 13.8. The summed E-state index contributed by atoms with van der Waals surface area (Å²) in [7, 11) is 0. The fraction of sp³-hybridized carbons (Fsp3) is 0.158. The number of rotatable bonds is 3. The van der Waals surface area contributed by atoms with Gasteiger partial charge in [0.15, 0.2) is 0 Å². The Kier molecular flexibility index (Phi) is 3.72. The van der Waals surface area contributed by atoms with Crippen LogP contribution in [-0.4, -0.2) is 0 Å². The molecular weight excluding hydrogens is 261 g/mol. The van der Waals surface area contributed by atoms with E-state index in [9.17, 15) is 4.39 Å². The smallest absolute Gasteiger partial charge is 0.131 e. The molecule has 3 aromatic rings. The maximum Gasteiger partial charge on any atom is 0.131 e. The number of hydrogen-bond donors (Lipinski definition) is 1. The minimum atomic E-state index is -0.197. The molecular formula is C19H18FN. The van der Waals surface area contributed by atoms with E-state index in [1.165, 1.54) is 17.2 Å². The fourth-order valence-corrected chi connectivity index (χ4v) is 2.81. The van der Waals surface area contributed by atoms with E-state index >= 15 is 0 Å². The van der Waals surface area contributed by atoms with Gasteiger partial charge < -0.3 is 5.73 Å². The van der Waals surface area contributed by atoms with E-state index in [-0.39, 0.29) is 11.9 Å². The van der Waals surface area contributed by atoms with E-state index in [1.807, 2.05) is 24.3 Å². The first-order chi connectivity index (χ1) is 10.1. The standard InChI is InChI=1S/C19H18FN/c1-13-5-4-6-14(11-13)12-19(21)17-9-10-18(20)16-8-3-2-7-15(16)17/h2-11,19H,12,21H2,1H3. The third kappa shape index (κ3) is 2.81. The van der Waals surface area contributed by atoms with E-state index in [4.69, 9.17) is 5.73 Å². The fourth-order valence-electron chi connectivity index (χ4n) is 2.81. The second kappa shape index (κ2) is 5.66. The molecule has 0 bridgehead atoms. The molecule has 0 fully saturated rings. The van der Waals surface area contributed by atoms with Crippen molar-refractivity contribution >= 4 is 10.8 Å². The van der Waals surface area contributed by atoms with Crippen molar-refractivity contribution in [1.29, 1.82) is 0 Å². The van der Waals surface area contributed by atoms with Crippen molar-refractivity contribution in [3.05, 3.63) is 83.2 Å². The van der Waals surface area contributed by atoms with Gasteiger partial charge in [0, 0.05) is 11.4 Å². The van der Waals surface area contributed by atoms with Crippen LogP contribution in [0.3, 0.4) is 0 Å². The molecule has 0 aliphatic rings. The van der Waals surface area contributed by atoms with Crippen LogP contribution in [0.2, 0.25) is 0 Å². The second-order valence-electron chi connectivity index (χ2n) is 5.48. The molecule has 0 aromatic heterocycles. The van der Waals surface area contributed by atoms with E-state index in [2.05, 4.69) is 25.1 Å². The SMILES string of the molecule is Cc1cccc(CC(N)c2ccc(F)c3ccccc23)c1. The average molecular weight is 279 g/mol. The van der Waals surface area contributed by atoms with Gasteiger partial charge in [-0.15, -0.1) is 0 Å². The Labute approximate surface area is 124 Å². The zero-order valence-electron chi connectivity index (χ0n) is 12.0. The van der Waals surface area contributed by atoms with Gasteiger partial charge in [-0.25, -0.2) is 4.39 Å². The number of nitrogens with two attached hydrogens (primary N) is 1. The molecule has 3 aromatic carbocycles. The Hall–Kier alpha value is -2.19. The molecule has 0 saturated carbocycles. The van der Waals surface area contributed by atoms with Gasteiger partial charge >= 0.3 is 0 Å². The molecule has 0 saturated heterocycles. The summed E-state index contributed by atoms with van der Waals surface area (Å²) < 4.78 is 13.9. The van der Waals surface area contributed by atoms with Crippen molar-refractivity contribution < 1.29 is 4.39 Å². The summed E-state index contributed by atoms with van der Waals surface area (Å²) in [6.45, 7) is 2.07. The summed E-state index contributed by atoms with van der Waals surface area (Å²) >= 11 is 0. The van der Waals surface area contributed by atoms with Gasteiger partial charge in [-0.2, -0.15) is 0 Å². The normalized spacial score (nSPS) is 12.5. The van der Waals surface area contributed by atoms with Crippen molar-refractivity contribution in [2.45, 2.75) is 19.4 Å². The molecule has 0 amide bonds. The van der Waals surface area contributed by atoms with Crippen LogP contribution in [0.15, 0.2) is 60.7 Å². The van der Waals surface area contributed by atoms with Crippen LogP contribution in [0, 0.1) is 12.7 Å². The Morgan fingerprint density at radius 2 is 1.71 bits per heavy atom. The predicted octanol–water partition coefficient (Wildman–Crippen LogP) is 4.53. The van der Waals surface area contributed by atoms with Gasteiger partial charge in [-0.1, -0.05) is 60.2 Å². The Morgan fingerprint density at radius 1 is 0.952 bits per heavy atom. The Morgan fingerprint density at radius 3 is 2.48 bits per heavy atom. The Balaban J connectivity index is 1.98. The molecule has 0 heterocycles. The topological polar surface area (TPSA) is 26.0 Å². The van der Waals surface area contributed by atoms with Gasteiger partial charge in [0.05, 0.1) is 0 Å². The monoisotopic (exact) mass is 279 g/mol. The molecule has 0 spiro atoms. The molecule has 21 heavy (non-hydrogen) atoms. The van der Waals surface area contributed by atoms with Gasteiger partial charge in [-0.05, 0) is 35.9 Å². The quantitative estimate of drug-likeness (QED) is 0.749. The van der Waals surface area contributed by atoms with Crippen LogP contribution in [0.4, 0.5) is 4.39 Å².